The number of rotatable bonds is 3. The summed E-state index contributed by atoms with van der Waals surface area (Å²) < 4.78 is 0. The minimum Gasteiger partial charge on any atom is -0.345 e. The molecule has 0 saturated heterocycles. The third-order valence-corrected chi connectivity index (χ3v) is 2.26. The average Bonchev–Trinajstić information content (AvgIpc) is 2.39. The number of hydrogen-bond acceptors (Lipinski definition) is 4. The molecular weight excluding hydrogens is 216 g/mol. The number of hydrogen-bond donors (Lipinski definition) is 1. The topological polar surface area (TPSA) is 67.8 Å². The molecule has 0 unspecified atom stereocenters. The second-order valence-electron chi connectivity index (χ2n) is 3.63. The van der Waals surface area contributed by atoms with Crippen LogP contribution in [0.1, 0.15) is 21.7 Å². The van der Waals surface area contributed by atoms with E-state index in [1.807, 2.05) is 31.2 Å². The van der Waals surface area contributed by atoms with Crippen molar-refractivity contribution in [2.45, 2.75) is 13.5 Å². The maximum atomic E-state index is 11.6. The lowest BCUT2D eigenvalue weighted by Crippen LogP contribution is -2.25. The van der Waals surface area contributed by atoms with Crippen LogP contribution in [-0.2, 0) is 6.54 Å². The van der Waals surface area contributed by atoms with E-state index in [0.29, 0.717) is 6.54 Å². The highest BCUT2D eigenvalue weighted by atomic mass is 16.2. The van der Waals surface area contributed by atoms with E-state index in [9.17, 15) is 4.79 Å². The molecule has 86 valence electrons. The maximum absolute atomic E-state index is 11.6. The van der Waals surface area contributed by atoms with E-state index in [1.54, 1.807) is 0 Å². The second kappa shape index (κ2) is 5.16. The molecule has 0 aliphatic carbocycles. The normalized spacial score (nSPS) is 9.94. The van der Waals surface area contributed by atoms with Crippen LogP contribution >= 0.6 is 0 Å². The van der Waals surface area contributed by atoms with Crippen LogP contribution in [0.15, 0.2) is 36.7 Å². The van der Waals surface area contributed by atoms with Gasteiger partial charge >= 0.3 is 0 Å². The quantitative estimate of drug-likeness (QED) is 0.854. The molecule has 1 aromatic heterocycles. The Morgan fingerprint density at radius 3 is 2.65 bits per heavy atom. The molecule has 0 saturated carbocycles. The molecule has 0 aliphatic rings. The van der Waals surface area contributed by atoms with Crippen LogP contribution in [0.5, 0.6) is 0 Å². The minimum absolute atomic E-state index is 0.0830. The number of aromatic nitrogens is 3. The van der Waals surface area contributed by atoms with Crippen molar-refractivity contribution in [1.82, 2.24) is 20.5 Å². The number of carbonyl (C=O) groups is 1. The van der Waals surface area contributed by atoms with Crippen LogP contribution in [0.25, 0.3) is 0 Å². The lowest BCUT2D eigenvalue weighted by molar-refractivity contribution is 0.0939. The predicted molar refractivity (Wildman–Crippen MR) is 62.2 cm³/mol. The highest BCUT2D eigenvalue weighted by Gasteiger charge is 2.07. The first-order valence-corrected chi connectivity index (χ1v) is 5.23. The van der Waals surface area contributed by atoms with Gasteiger partial charge in [-0.2, -0.15) is 5.10 Å². The molecule has 1 aromatic carbocycles. The first-order valence-electron chi connectivity index (χ1n) is 5.23. The van der Waals surface area contributed by atoms with Crippen molar-refractivity contribution in [2.75, 3.05) is 0 Å². The Morgan fingerprint density at radius 2 is 2.00 bits per heavy atom. The molecular formula is C12H12N4O. The van der Waals surface area contributed by atoms with Crippen LogP contribution in [0.2, 0.25) is 0 Å². The minimum atomic E-state index is -0.321. The number of amides is 1. The van der Waals surface area contributed by atoms with Crippen LogP contribution < -0.4 is 5.32 Å². The van der Waals surface area contributed by atoms with Crippen LogP contribution in [0, 0.1) is 6.92 Å². The molecule has 0 atom stereocenters. The summed E-state index contributed by atoms with van der Waals surface area (Å²) in [5.41, 5.74) is 2.23. The summed E-state index contributed by atoms with van der Waals surface area (Å²) >= 11 is 0. The van der Waals surface area contributed by atoms with Gasteiger partial charge in [0.25, 0.3) is 5.91 Å². The zero-order valence-electron chi connectivity index (χ0n) is 9.42. The molecule has 1 heterocycles. The fourth-order valence-corrected chi connectivity index (χ4v) is 1.32. The molecule has 0 aliphatic heterocycles. The van der Waals surface area contributed by atoms with E-state index in [4.69, 9.17) is 0 Å². The summed E-state index contributed by atoms with van der Waals surface area (Å²) in [6, 6.07) is 7.95. The van der Waals surface area contributed by atoms with Gasteiger partial charge in [0, 0.05) is 12.7 Å². The predicted octanol–water partition coefficient (Wildman–Crippen LogP) is 1.11. The van der Waals surface area contributed by atoms with E-state index in [-0.39, 0.29) is 11.7 Å². The maximum Gasteiger partial charge on any atom is 0.291 e. The van der Waals surface area contributed by atoms with Crippen molar-refractivity contribution in [1.29, 1.82) is 0 Å². The Labute approximate surface area is 98.9 Å². The average molecular weight is 228 g/mol. The number of benzene rings is 1. The van der Waals surface area contributed by atoms with Gasteiger partial charge in [-0.05, 0) is 12.5 Å². The smallest absolute Gasteiger partial charge is 0.291 e. The monoisotopic (exact) mass is 228 g/mol. The number of nitrogens with zero attached hydrogens (tertiary/aromatic N) is 3. The van der Waals surface area contributed by atoms with Gasteiger partial charge in [0.15, 0.2) is 0 Å². The Hall–Kier alpha value is -2.30. The first-order chi connectivity index (χ1) is 8.25. The lowest BCUT2D eigenvalue weighted by atomic mass is 10.1. The standard InChI is InChI=1S/C12H12N4O/c1-9-2-4-10(5-3-9)8-14-12(17)11-13-6-7-15-16-11/h2-7H,8H2,1H3,(H,14,17). The largest absolute Gasteiger partial charge is 0.345 e. The zero-order chi connectivity index (χ0) is 12.1. The molecule has 0 fully saturated rings. The van der Waals surface area contributed by atoms with E-state index in [2.05, 4.69) is 20.5 Å². The van der Waals surface area contributed by atoms with Crippen LogP contribution in [0.4, 0.5) is 0 Å². The van der Waals surface area contributed by atoms with Gasteiger partial charge in [-0.1, -0.05) is 29.8 Å². The zero-order valence-corrected chi connectivity index (χ0v) is 9.42. The number of aryl methyl sites for hydroxylation is 1. The van der Waals surface area contributed by atoms with Crippen molar-refractivity contribution < 1.29 is 4.79 Å². The van der Waals surface area contributed by atoms with Crippen molar-refractivity contribution in [3.05, 3.63) is 53.6 Å². The van der Waals surface area contributed by atoms with Gasteiger partial charge in [-0.3, -0.25) is 4.79 Å². The number of carbonyl (C=O) groups excluding carboxylic acids is 1. The molecule has 0 radical (unpaired) electrons. The summed E-state index contributed by atoms with van der Waals surface area (Å²) in [5, 5.41) is 9.96. The van der Waals surface area contributed by atoms with Gasteiger partial charge < -0.3 is 5.32 Å². The molecule has 5 heteroatoms. The Kier molecular flexibility index (Phi) is 3.40. The summed E-state index contributed by atoms with van der Waals surface area (Å²) in [6.45, 7) is 2.48. The van der Waals surface area contributed by atoms with Crippen LogP contribution in [-0.4, -0.2) is 21.1 Å². The first kappa shape index (κ1) is 11.2. The highest BCUT2D eigenvalue weighted by molar-refractivity contribution is 5.90. The number of nitrogens with one attached hydrogen (secondary N) is 1. The fourth-order valence-electron chi connectivity index (χ4n) is 1.32. The fraction of sp³-hybridized carbons (Fsp3) is 0.167. The van der Waals surface area contributed by atoms with E-state index in [0.717, 1.165) is 5.56 Å². The van der Waals surface area contributed by atoms with E-state index >= 15 is 0 Å². The lowest BCUT2D eigenvalue weighted by Gasteiger charge is -2.03. The molecule has 0 spiro atoms. The third-order valence-electron chi connectivity index (χ3n) is 2.26. The molecule has 17 heavy (non-hydrogen) atoms. The Balaban J connectivity index is 1.95. The summed E-state index contributed by atoms with van der Waals surface area (Å²) in [5.74, 6) is -0.238. The van der Waals surface area contributed by atoms with Gasteiger partial charge in [0.05, 0.1) is 6.20 Å². The molecule has 2 aromatic rings. The molecule has 0 bridgehead atoms. The molecule has 1 N–H and O–H groups in total. The second-order valence-corrected chi connectivity index (χ2v) is 3.63. The van der Waals surface area contributed by atoms with E-state index in [1.165, 1.54) is 18.0 Å². The van der Waals surface area contributed by atoms with Gasteiger partial charge in [-0.25, -0.2) is 4.98 Å². The van der Waals surface area contributed by atoms with Crippen molar-refractivity contribution in [3.63, 3.8) is 0 Å². The van der Waals surface area contributed by atoms with Crippen molar-refractivity contribution in [2.24, 2.45) is 0 Å². The SMILES string of the molecule is Cc1ccc(CNC(=O)c2nccnn2)cc1. The third kappa shape index (κ3) is 3.07. The summed E-state index contributed by atoms with van der Waals surface area (Å²) in [6.07, 6.45) is 2.87. The molecule has 1 amide bonds. The van der Waals surface area contributed by atoms with Crippen molar-refractivity contribution in [3.8, 4) is 0 Å². The van der Waals surface area contributed by atoms with Gasteiger partial charge in [0.2, 0.25) is 5.82 Å². The summed E-state index contributed by atoms with van der Waals surface area (Å²) in [4.78, 5) is 15.4. The molecule has 2 rings (SSSR count). The van der Waals surface area contributed by atoms with Crippen molar-refractivity contribution >= 4 is 5.91 Å². The van der Waals surface area contributed by atoms with E-state index < -0.39 is 0 Å². The highest BCUT2D eigenvalue weighted by Crippen LogP contribution is 2.02. The van der Waals surface area contributed by atoms with Crippen LogP contribution in [0.3, 0.4) is 0 Å². The summed E-state index contributed by atoms with van der Waals surface area (Å²) in [7, 11) is 0. The molecule has 5 nitrogen and oxygen atoms in total. The van der Waals surface area contributed by atoms with Gasteiger partial charge in [-0.15, -0.1) is 5.10 Å². The van der Waals surface area contributed by atoms with Gasteiger partial charge in [0.1, 0.15) is 0 Å². The Morgan fingerprint density at radius 1 is 1.24 bits per heavy atom. The Bertz CT molecular complexity index is 496.